The molecule has 1 amide bonds. The van der Waals surface area contributed by atoms with Crippen molar-refractivity contribution in [3.05, 3.63) is 22.2 Å². The largest absolute Gasteiger partial charge is 0.477 e. The van der Waals surface area contributed by atoms with Crippen molar-refractivity contribution in [1.82, 2.24) is 10.3 Å². The van der Waals surface area contributed by atoms with Gasteiger partial charge in [-0.1, -0.05) is 6.92 Å². The Balaban J connectivity index is 1.96. The van der Waals surface area contributed by atoms with Crippen LogP contribution >= 0.6 is 0 Å². The van der Waals surface area contributed by atoms with Gasteiger partial charge in [0.1, 0.15) is 11.8 Å². The second-order valence-corrected chi connectivity index (χ2v) is 7.21. The van der Waals surface area contributed by atoms with Crippen molar-refractivity contribution in [2.24, 2.45) is 5.92 Å². The number of hydrogen-bond donors (Lipinski definition) is 3. The molecule has 2 rings (SSSR count). The summed E-state index contributed by atoms with van der Waals surface area (Å²) in [6.45, 7) is 3.75. The molecule has 1 fully saturated rings. The summed E-state index contributed by atoms with van der Waals surface area (Å²) in [6.07, 6.45) is -1.20. The number of carboxylic acid groups (broad SMARTS) is 1. The van der Waals surface area contributed by atoms with E-state index in [1.807, 2.05) is 0 Å². The summed E-state index contributed by atoms with van der Waals surface area (Å²) < 4.78 is 15.1. The van der Waals surface area contributed by atoms with Crippen LogP contribution < -0.4 is 15.0 Å². The fraction of sp³-hybridized carbons (Fsp3) is 0.526. The number of nitro groups is 1. The molecule has 0 unspecified atom stereocenters. The zero-order valence-corrected chi connectivity index (χ0v) is 18.1. The fourth-order valence-corrected chi connectivity index (χ4v) is 2.97. The van der Waals surface area contributed by atoms with Gasteiger partial charge < -0.3 is 34.7 Å². The number of carbonyl (C=O) groups excluding carboxylic acids is 2. The molecule has 1 aliphatic rings. The zero-order valence-electron chi connectivity index (χ0n) is 18.1. The number of esters is 1. The van der Waals surface area contributed by atoms with E-state index in [-0.39, 0.29) is 49.3 Å². The van der Waals surface area contributed by atoms with Crippen molar-refractivity contribution in [1.29, 1.82) is 5.41 Å². The molecule has 2 heterocycles. The van der Waals surface area contributed by atoms with E-state index in [0.29, 0.717) is 6.54 Å². The Bertz CT molecular complexity index is 923. The van der Waals surface area contributed by atoms with Crippen LogP contribution in [0.2, 0.25) is 0 Å². The molecule has 180 valence electrons. The number of aliphatic carboxylic acids is 1. The van der Waals surface area contributed by atoms with Crippen molar-refractivity contribution < 1.29 is 38.6 Å². The summed E-state index contributed by atoms with van der Waals surface area (Å²) in [7, 11) is 0. The molecule has 1 aromatic heterocycles. The second kappa shape index (κ2) is 11.7. The van der Waals surface area contributed by atoms with Gasteiger partial charge in [0.15, 0.2) is 6.61 Å². The number of nitrogens with one attached hydrogen (secondary N) is 2. The third kappa shape index (κ3) is 7.38. The highest BCUT2D eigenvalue weighted by atomic mass is 16.6. The number of anilines is 1. The van der Waals surface area contributed by atoms with Crippen LogP contribution in [0.3, 0.4) is 0 Å². The molecule has 1 saturated heterocycles. The summed E-state index contributed by atoms with van der Waals surface area (Å²) in [5.74, 6) is -3.00. The lowest BCUT2D eigenvalue weighted by Crippen LogP contribution is -2.34. The summed E-state index contributed by atoms with van der Waals surface area (Å²) >= 11 is 0. The van der Waals surface area contributed by atoms with Crippen molar-refractivity contribution in [2.45, 2.75) is 26.4 Å². The zero-order chi connectivity index (χ0) is 24.5. The second-order valence-electron chi connectivity index (χ2n) is 7.21. The third-order valence-electron chi connectivity index (χ3n) is 4.47. The summed E-state index contributed by atoms with van der Waals surface area (Å²) in [5.41, 5.74) is -0.384. The van der Waals surface area contributed by atoms with Crippen LogP contribution in [0.25, 0.3) is 0 Å². The number of hydrogen-bond acceptors (Lipinski definition) is 11. The molecule has 14 nitrogen and oxygen atoms in total. The van der Waals surface area contributed by atoms with Crippen molar-refractivity contribution >= 4 is 35.4 Å². The minimum absolute atomic E-state index is 0.0130. The van der Waals surface area contributed by atoms with Gasteiger partial charge >= 0.3 is 23.8 Å². The van der Waals surface area contributed by atoms with E-state index >= 15 is 0 Å². The maximum absolute atomic E-state index is 12.2. The standard InChI is InChI=1S/C19H25N5O9/c1-3-31-16(25)10-32-14-4-5-15(22-17(14)24(29)30)23-9-12(33-19(23)28)8-21-7-11(2)6-13(20)18(26)27/h4-5,11-12,20-21H,3,6-10H2,1-2H3,(H,26,27)/t11-,12-/m0/s1. The van der Waals surface area contributed by atoms with E-state index in [0.717, 1.165) is 4.90 Å². The Morgan fingerprint density at radius 2 is 2.21 bits per heavy atom. The lowest BCUT2D eigenvalue weighted by molar-refractivity contribution is -0.390. The van der Waals surface area contributed by atoms with Gasteiger partial charge in [0, 0.05) is 19.0 Å². The molecule has 2 atom stereocenters. The number of carboxylic acids is 1. The first-order valence-corrected chi connectivity index (χ1v) is 10.1. The molecular weight excluding hydrogens is 442 g/mol. The third-order valence-corrected chi connectivity index (χ3v) is 4.47. The maximum atomic E-state index is 12.2. The Kier molecular flexibility index (Phi) is 9.03. The van der Waals surface area contributed by atoms with E-state index < -0.39 is 41.5 Å². The van der Waals surface area contributed by atoms with Crippen molar-refractivity contribution in [3.8, 4) is 5.75 Å². The molecule has 1 aromatic rings. The lowest BCUT2D eigenvalue weighted by Gasteiger charge is -2.14. The fourth-order valence-electron chi connectivity index (χ4n) is 2.97. The number of amides is 1. The molecule has 3 N–H and O–H groups in total. The Morgan fingerprint density at radius 3 is 2.85 bits per heavy atom. The normalized spacial score (nSPS) is 16.1. The Labute approximate surface area is 188 Å². The van der Waals surface area contributed by atoms with Crippen LogP contribution in [-0.2, 0) is 19.1 Å². The van der Waals surface area contributed by atoms with Crippen LogP contribution in [0.15, 0.2) is 12.1 Å². The predicted octanol–water partition coefficient (Wildman–Crippen LogP) is 0.977. The number of pyridine rings is 1. The molecule has 33 heavy (non-hydrogen) atoms. The van der Waals surface area contributed by atoms with E-state index in [4.69, 9.17) is 24.7 Å². The van der Waals surface area contributed by atoms with Crippen molar-refractivity contribution in [3.63, 3.8) is 0 Å². The first-order valence-electron chi connectivity index (χ1n) is 10.1. The predicted molar refractivity (Wildman–Crippen MR) is 113 cm³/mol. The average Bonchev–Trinajstić information content (AvgIpc) is 3.12. The first-order chi connectivity index (χ1) is 15.6. The number of ether oxygens (including phenoxy) is 3. The van der Waals surface area contributed by atoms with Gasteiger partial charge in [-0.25, -0.2) is 19.3 Å². The molecule has 0 spiro atoms. The highest BCUT2D eigenvalue weighted by molar-refractivity contribution is 6.34. The van der Waals surface area contributed by atoms with Gasteiger partial charge in [-0.3, -0.25) is 5.41 Å². The highest BCUT2D eigenvalue weighted by Gasteiger charge is 2.36. The lowest BCUT2D eigenvalue weighted by atomic mass is 10.0. The quantitative estimate of drug-likeness (QED) is 0.162. The Morgan fingerprint density at radius 1 is 1.48 bits per heavy atom. The molecule has 1 aliphatic heterocycles. The van der Waals surface area contributed by atoms with Crippen LogP contribution in [0.1, 0.15) is 20.3 Å². The number of carbonyl (C=O) groups is 3. The van der Waals surface area contributed by atoms with E-state index in [9.17, 15) is 24.5 Å². The molecule has 0 aromatic carbocycles. The monoisotopic (exact) mass is 467 g/mol. The molecule has 0 bridgehead atoms. The smallest absolute Gasteiger partial charge is 0.417 e. The maximum Gasteiger partial charge on any atom is 0.417 e. The number of cyclic esters (lactones) is 1. The van der Waals surface area contributed by atoms with E-state index in [1.54, 1.807) is 13.8 Å². The van der Waals surface area contributed by atoms with E-state index in [1.165, 1.54) is 12.1 Å². The molecule has 14 heteroatoms. The molecule has 0 radical (unpaired) electrons. The van der Waals surface area contributed by atoms with Gasteiger partial charge in [0.25, 0.3) is 5.82 Å². The van der Waals surface area contributed by atoms with Gasteiger partial charge in [0.2, 0.25) is 5.75 Å². The number of aromatic nitrogens is 1. The summed E-state index contributed by atoms with van der Waals surface area (Å²) in [6, 6.07) is 2.57. The van der Waals surface area contributed by atoms with Crippen LogP contribution in [0.5, 0.6) is 5.75 Å². The van der Waals surface area contributed by atoms with Gasteiger partial charge in [-0.15, -0.1) is 0 Å². The average molecular weight is 467 g/mol. The number of nitrogens with zero attached hydrogens (tertiary/aromatic N) is 3. The minimum atomic E-state index is -1.26. The Hall–Kier alpha value is -3.81. The van der Waals surface area contributed by atoms with Crippen LogP contribution in [0, 0.1) is 21.4 Å². The molecule has 0 saturated carbocycles. The molecule has 0 aliphatic carbocycles. The van der Waals surface area contributed by atoms with Crippen molar-refractivity contribution in [2.75, 3.05) is 37.7 Å². The van der Waals surface area contributed by atoms with Crippen LogP contribution in [0.4, 0.5) is 16.4 Å². The first kappa shape index (κ1) is 25.5. The van der Waals surface area contributed by atoms with Gasteiger partial charge in [0.05, 0.1) is 13.2 Å². The minimum Gasteiger partial charge on any atom is -0.477 e. The summed E-state index contributed by atoms with van der Waals surface area (Å²) in [5, 5.41) is 30.6. The number of rotatable bonds is 13. The molecular formula is C19H25N5O9. The van der Waals surface area contributed by atoms with Crippen LogP contribution in [-0.4, -0.2) is 77.7 Å². The highest BCUT2D eigenvalue weighted by Crippen LogP contribution is 2.29. The van der Waals surface area contributed by atoms with Gasteiger partial charge in [-0.05, 0) is 35.4 Å². The van der Waals surface area contributed by atoms with E-state index in [2.05, 4.69) is 10.3 Å². The van der Waals surface area contributed by atoms with Gasteiger partial charge in [-0.2, -0.15) is 0 Å². The SMILES string of the molecule is CCOC(=O)COc1ccc(N2C[C@H](CNC[C@@H](C)CC(=N)C(=O)O)OC2=O)nc1[N+](=O)[O-]. The summed E-state index contributed by atoms with van der Waals surface area (Å²) in [4.78, 5) is 50.0. The topological polar surface area (TPSA) is 194 Å².